The zero-order valence-corrected chi connectivity index (χ0v) is 8.73. The maximum atomic E-state index is 11.5. The minimum atomic E-state index is -0.927. The molecule has 0 aliphatic carbocycles. The van der Waals surface area contributed by atoms with Crippen molar-refractivity contribution in [2.24, 2.45) is 5.92 Å². The fourth-order valence-corrected chi connectivity index (χ4v) is 1.70. The first kappa shape index (κ1) is 10.8. The Morgan fingerprint density at radius 1 is 1.43 bits per heavy atom. The van der Waals surface area contributed by atoms with Gasteiger partial charge in [-0.15, -0.1) is 0 Å². The number of carboxylic acid groups (broad SMARTS) is 1. The minimum Gasteiger partial charge on any atom is -0.480 e. The standard InChI is InChI=1S/C9H16N2O3/c1-6(2)7(8(12)13)11-5-4-10(3)9(11)14/h6-7H,4-5H2,1-3H3,(H,12,13). The lowest BCUT2D eigenvalue weighted by atomic mass is 10.0. The molecule has 1 aliphatic rings. The summed E-state index contributed by atoms with van der Waals surface area (Å²) in [5, 5.41) is 9.00. The molecule has 14 heavy (non-hydrogen) atoms. The largest absolute Gasteiger partial charge is 0.480 e. The molecule has 5 heteroatoms. The van der Waals surface area contributed by atoms with Crippen LogP contribution in [0.1, 0.15) is 13.8 Å². The summed E-state index contributed by atoms with van der Waals surface area (Å²) in [7, 11) is 1.68. The first-order valence-electron chi connectivity index (χ1n) is 4.69. The molecule has 1 saturated heterocycles. The molecule has 0 spiro atoms. The predicted octanol–water partition coefficient (Wildman–Crippen LogP) is 0.463. The van der Waals surface area contributed by atoms with Crippen LogP contribution in [0.5, 0.6) is 0 Å². The van der Waals surface area contributed by atoms with Gasteiger partial charge in [-0.2, -0.15) is 0 Å². The van der Waals surface area contributed by atoms with E-state index in [1.165, 1.54) is 4.90 Å². The average Bonchev–Trinajstić information content (AvgIpc) is 2.35. The highest BCUT2D eigenvalue weighted by Crippen LogP contribution is 2.17. The van der Waals surface area contributed by atoms with Crippen LogP contribution in [0.25, 0.3) is 0 Å². The van der Waals surface area contributed by atoms with E-state index in [0.717, 1.165) is 0 Å². The number of hydrogen-bond donors (Lipinski definition) is 1. The maximum Gasteiger partial charge on any atom is 0.326 e. The molecule has 1 rings (SSSR count). The summed E-state index contributed by atoms with van der Waals surface area (Å²) in [6.45, 7) is 4.73. The fourth-order valence-electron chi connectivity index (χ4n) is 1.70. The third kappa shape index (κ3) is 1.81. The van der Waals surface area contributed by atoms with Crippen molar-refractivity contribution in [3.8, 4) is 0 Å². The summed E-state index contributed by atoms with van der Waals surface area (Å²) < 4.78 is 0. The molecule has 2 amide bonds. The smallest absolute Gasteiger partial charge is 0.326 e. The molecule has 0 aromatic carbocycles. The lowest BCUT2D eigenvalue weighted by Gasteiger charge is -2.26. The Hall–Kier alpha value is -1.26. The quantitative estimate of drug-likeness (QED) is 0.720. The SMILES string of the molecule is CC(C)C(C(=O)O)N1CCN(C)C1=O. The molecule has 80 valence electrons. The maximum absolute atomic E-state index is 11.5. The van der Waals surface area contributed by atoms with E-state index in [9.17, 15) is 9.59 Å². The summed E-state index contributed by atoms with van der Waals surface area (Å²) in [6, 6.07) is -0.890. The van der Waals surface area contributed by atoms with Crippen LogP contribution >= 0.6 is 0 Å². The molecule has 1 fully saturated rings. The number of carbonyl (C=O) groups excluding carboxylic acids is 1. The van der Waals surface area contributed by atoms with Gasteiger partial charge >= 0.3 is 12.0 Å². The van der Waals surface area contributed by atoms with Gasteiger partial charge in [0, 0.05) is 20.1 Å². The van der Waals surface area contributed by atoms with Gasteiger partial charge in [-0.25, -0.2) is 9.59 Å². The van der Waals surface area contributed by atoms with Gasteiger partial charge in [-0.3, -0.25) is 0 Å². The molecule has 1 heterocycles. The normalized spacial score (nSPS) is 19.3. The van der Waals surface area contributed by atoms with E-state index >= 15 is 0 Å². The number of urea groups is 1. The number of hydrogen-bond acceptors (Lipinski definition) is 2. The van der Waals surface area contributed by atoms with Gasteiger partial charge in [-0.05, 0) is 5.92 Å². The monoisotopic (exact) mass is 200 g/mol. The van der Waals surface area contributed by atoms with Crippen molar-refractivity contribution < 1.29 is 14.7 Å². The van der Waals surface area contributed by atoms with Crippen molar-refractivity contribution in [2.45, 2.75) is 19.9 Å². The van der Waals surface area contributed by atoms with Crippen LogP contribution < -0.4 is 0 Å². The average molecular weight is 200 g/mol. The van der Waals surface area contributed by atoms with Gasteiger partial charge < -0.3 is 14.9 Å². The van der Waals surface area contributed by atoms with E-state index in [1.807, 2.05) is 13.8 Å². The van der Waals surface area contributed by atoms with Gasteiger partial charge in [0.25, 0.3) is 0 Å². The summed E-state index contributed by atoms with van der Waals surface area (Å²) in [6.07, 6.45) is 0. The third-order valence-electron chi connectivity index (χ3n) is 2.47. The van der Waals surface area contributed by atoms with Crippen LogP contribution in [0.3, 0.4) is 0 Å². The van der Waals surface area contributed by atoms with Gasteiger partial charge in [-0.1, -0.05) is 13.8 Å². The second kappa shape index (κ2) is 3.86. The summed E-state index contributed by atoms with van der Waals surface area (Å²) in [5.41, 5.74) is 0. The molecule has 0 aromatic rings. The zero-order valence-electron chi connectivity index (χ0n) is 8.73. The highest BCUT2D eigenvalue weighted by atomic mass is 16.4. The minimum absolute atomic E-state index is 0.0667. The Labute approximate surface area is 83.3 Å². The Bertz CT molecular complexity index is 252. The molecule has 1 unspecified atom stereocenters. The molecule has 5 nitrogen and oxygen atoms in total. The number of rotatable bonds is 3. The van der Waals surface area contributed by atoms with E-state index in [1.54, 1.807) is 11.9 Å². The summed E-state index contributed by atoms with van der Waals surface area (Å²) >= 11 is 0. The first-order valence-corrected chi connectivity index (χ1v) is 4.69. The Balaban J connectivity index is 2.80. The molecule has 1 N–H and O–H groups in total. The van der Waals surface area contributed by atoms with Crippen LogP contribution in [0, 0.1) is 5.92 Å². The Morgan fingerprint density at radius 2 is 2.00 bits per heavy atom. The molecular formula is C9H16N2O3. The lowest BCUT2D eigenvalue weighted by molar-refractivity contribution is -0.143. The number of nitrogens with zero attached hydrogens (tertiary/aromatic N) is 2. The lowest BCUT2D eigenvalue weighted by Crippen LogP contribution is -2.46. The van der Waals surface area contributed by atoms with E-state index in [4.69, 9.17) is 5.11 Å². The number of carbonyl (C=O) groups is 2. The van der Waals surface area contributed by atoms with E-state index in [-0.39, 0.29) is 11.9 Å². The number of aliphatic carboxylic acids is 1. The highest BCUT2D eigenvalue weighted by Gasteiger charge is 2.37. The van der Waals surface area contributed by atoms with Crippen molar-refractivity contribution in [1.82, 2.24) is 9.80 Å². The van der Waals surface area contributed by atoms with Crippen LogP contribution in [0.2, 0.25) is 0 Å². The van der Waals surface area contributed by atoms with E-state index in [2.05, 4.69) is 0 Å². The zero-order chi connectivity index (χ0) is 10.9. The number of amides is 2. The van der Waals surface area contributed by atoms with Crippen molar-refractivity contribution in [3.63, 3.8) is 0 Å². The molecular weight excluding hydrogens is 184 g/mol. The van der Waals surface area contributed by atoms with Crippen molar-refractivity contribution >= 4 is 12.0 Å². The van der Waals surface area contributed by atoms with Crippen LogP contribution in [0.15, 0.2) is 0 Å². The summed E-state index contributed by atoms with van der Waals surface area (Å²) in [4.78, 5) is 25.5. The molecule has 0 bridgehead atoms. The fraction of sp³-hybridized carbons (Fsp3) is 0.778. The molecule has 0 saturated carbocycles. The number of carboxylic acids is 1. The second-order valence-electron chi connectivity index (χ2n) is 3.92. The van der Waals surface area contributed by atoms with Crippen molar-refractivity contribution in [3.05, 3.63) is 0 Å². The van der Waals surface area contributed by atoms with Crippen LogP contribution in [-0.4, -0.2) is 53.1 Å². The second-order valence-corrected chi connectivity index (χ2v) is 3.92. The van der Waals surface area contributed by atoms with Gasteiger partial charge in [0.05, 0.1) is 0 Å². The first-order chi connectivity index (χ1) is 6.45. The van der Waals surface area contributed by atoms with Gasteiger partial charge in [0.2, 0.25) is 0 Å². The molecule has 0 radical (unpaired) electrons. The van der Waals surface area contributed by atoms with Gasteiger partial charge in [0.15, 0.2) is 0 Å². The summed E-state index contributed by atoms with van der Waals surface area (Å²) in [5.74, 6) is -0.994. The van der Waals surface area contributed by atoms with Crippen LogP contribution in [-0.2, 0) is 4.79 Å². The van der Waals surface area contributed by atoms with Crippen molar-refractivity contribution in [2.75, 3.05) is 20.1 Å². The van der Waals surface area contributed by atoms with Gasteiger partial charge in [0.1, 0.15) is 6.04 Å². The predicted molar refractivity (Wildman–Crippen MR) is 51.0 cm³/mol. The molecule has 0 aromatic heterocycles. The van der Waals surface area contributed by atoms with E-state index < -0.39 is 12.0 Å². The molecule has 1 atom stereocenters. The topological polar surface area (TPSA) is 60.9 Å². The Kier molecular flexibility index (Phi) is 2.98. The molecule has 1 aliphatic heterocycles. The van der Waals surface area contributed by atoms with E-state index in [0.29, 0.717) is 13.1 Å². The highest BCUT2D eigenvalue weighted by molar-refractivity contribution is 5.84. The van der Waals surface area contributed by atoms with Crippen molar-refractivity contribution in [1.29, 1.82) is 0 Å². The third-order valence-corrected chi connectivity index (χ3v) is 2.47. The van der Waals surface area contributed by atoms with Crippen LogP contribution in [0.4, 0.5) is 4.79 Å². The Morgan fingerprint density at radius 3 is 2.29 bits per heavy atom. The number of likely N-dealkylation sites (N-methyl/N-ethyl adjacent to an activating group) is 1.